The Labute approximate surface area is 198 Å². The molecule has 1 fully saturated rings. The fraction of sp³-hybridized carbons (Fsp3) is 0.333. The summed E-state index contributed by atoms with van der Waals surface area (Å²) in [7, 11) is -3.80. The third kappa shape index (κ3) is 5.98. The molecule has 1 aromatic carbocycles. The largest absolute Gasteiger partial charge is 1.00 e. The number of halogens is 1. The van der Waals surface area contributed by atoms with E-state index < -0.39 is 27.9 Å². The van der Waals surface area contributed by atoms with Crippen molar-refractivity contribution in [3.63, 3.8) is 0 Å². The second kappa shape index (κ2) is 11.2. The summed E-state index contributed by atoms with van der Waals surface area (Å²) in [4.78, 5) is 14.7. The van der Waals surface area contributed by atoms with Crippen molar-refractivity contribution in [2.24, 2.45) is 5.92 Å². The maximum atomic E-state index is 13.2. The second-order valence-corrected chi connectivity index (χ2v) is 8.86. The Bertz CT molecular complexity index is 968. The summed E-state index contributed by atoms with van der Waals surface area (Å²) in [6.45, 7) is 0.344. The topological polar surface area (TPSA) is 90.4 Å². The van der Waals surface area contributed by atoms with Crippen molar-refractivity contribution in [2.45, 2.75) is 36.6 Å². The molecule has 6 nitrogen and oxygen atoms in total. The molecule has 0 radical (unpaired) electrons. The van der Waals surface area contributed by atoms with E-state index in [1.165, 1.54) is 16.4 Å². The Kier molecular flexibility index (Phi) is 9.18. The predicted molar refractivity (Wildman–Crippen MR) is 103 cm³/mol. The van der Waals surface area contributed by atoms with Gasteiger partial charge in [0.1, 0.15) is 5.82 Å². The summed E-state index contributed by atoms with van der Waals surface area (Å²) in [5.74, 6) is -1.57. The van der Waals surface area contributed by atoms with Crippen LogP contribution in [0.2, 0.25) is 0 Å². The van der Waals surface area contributed by atoms with Crippen LogP contribution in [0.3, 0.4) is 0 Å². The zero-order valence-electron chi connectivity index (χ0n) is 16.8. The molecule has 0 N–H and O–H groups in total. The van der Waals surface area contributed by atoms with E-state index in [1.807, 2.05) is 12.1 Å². The number of benzene rings is 1. The molecule has 3 rings (SSSR count). The summed E-state index contributed by atoms with van der Waals surface area (Å²) in [5.41, 5.74) is 0.795. The third-order valence-corrected chi connectivity index (χ3v) is 6.94. The van der Waals surface area contributed by atoms with Crippen molar-refractivity contribution in [1.82, 2.24) is 9.29 Å². The molecule has 2 atom stereocenters. The first kappa shape index (κ1) is 24.7. The maximum absolute atomic E-state index is 13.2. The summed E-state index contributed by atoms with van der Waals surface area (Å²) >= 11 is 0. The summed E-state index contributed by atoms with van der Waals surface area (Å²) in [6, 6.07) is 8.05. The van der Waals surface area contributed by atoms with E-state index in [9.17, 15) is 22.7 Å². The molecule has 1 aliphatic rings. The van der Waals surface area contributed by atoms with E-state index in [0.717, 1.165) is 17.7 Å². The molecule has 0 spiro atoms. The van der Waals surface area contributed by atoms with Gasteiger partial charge in [-0.2, -0.15) is 4.31 Å². The van der Waals surface area contributed by atoms with Crippen molar-refractivity contribution >= 4 is 16.0 Å². The number of carboxylic acids is 1. The van der Waals surface area contributed by atoms with Crippen LogP contribution < -0.4 is 34.7 Å². The number of pyridine rings is 1. The van der Waals surface area contributed by atoms with E-state index in [0.29, 0.717) is 25.8 Å². The molecule has 0 aliphatic carbocycles. The van der Waals surface area contributed by atoms with E-state index in [4.69, 9.17) is 0 Å². The fourth-order valence-electron chi connectivity index (χ4n) is 3.66. The molecule has 2 heterocycles. The maximum Gasteiger partial charge on any atom is 1.00 e. The average molecular weight is 440 g/mol. The molecule has 1 saturated heterocycles. The van der Waals surface area contributed by atoms with Gasteiger partial charge in [-0.25, -0.2) is 12.8 Å². The molecule has 1 aliphatic heterocycles. The van der Waals surface area contributed by atoms with Crippen molar-refractivity contribution in [2.75, 3.05) is 6.54 Å². The van der Waals surface area contributed by atoms with Crippen LogP contribution in [0.4, 0.5) is 4.39 Å². The number of carbonyl (C=O) groups excluding carboxylic acids is 1. The first-order chi connectivity index (χ1) is 13.9. The minimum absolute atomic E-state index is 0. The van der Waals surface area contributed by atoms with Crippen LogP contribution >= 0.6 is 0 Å². The van der Waals surface area contributed by atoms with Crippen LogP contribution in [0.5, 0.6) is 0 Å². The number of nitrogens with zero attached hydrogens (tertiary/aromatic N) is 2. The standard InChI is InChI=1S/C21H23FN2O4S.Na/c22-18-8-10-19(11-9-18)29(27,28)24-14-12-16(5-2-1-3-7-20(25)26)21(24)17-6-4-13-23-15-17;/h1-2,4,6,8-11,13,15-16,21H,3,5,7,12,14H2,(H,25,26);/q;+1/p-1/b2-1-;/t16-,21+;/m1./s1. The molecular weight excluding hydrogens is 418 g/mol. The van der Waals surface area contributed by atoms with Crippen molar-refractivity contribution in [3.8, 4) is 0 Å². The van der Waals surface area contributed by atoms with Gasteiger partial charge in [0.25, 0.3) is 0 Å². The van der Waals surface area contributed by atoms with Crippen LogP contribution in [-0.4, -0.2) is 30.2 Å². The fourth-order valence-corrected chi connectivity index (χ4v) is 5.35. The molecule has 0 unspecified atom stereocenters. The van der Waals surface area contributed by atoms with Gasteiger partial charge >= 0.3 is 29.6 Å². The number of aliphatic carboxylic acids is 1. The summed E-state index contributed by atoms with van der Waals surface area (Å²) in [6.07, 6.45) is 8.58. The zero-order chi connectivity index (χ0) is 20.9. The molecule has 0 saturated carbocycles. The van der Waals surface area contributed by atoms with Crippen LogP contribution in [0, 0.1) is 11.7 Å². The normalized spacial score (nSPS) is 19.6. The minimum Gasteiger partial charge on any atom is -0.550 e. The Morgan fingerprint density at radius 3 is 2.60 bits per heavy atom. The Morgan fingerprint density at radius 2 is 1.97 bits per heavy atom. The quantitative estimate of drug-likeness (QED) is 0.406. The van der Waals surface area contributed by atoms with Gasteiger partial charge < -0.3 is 9.90 Å². The molecule has 9 heteroatoms. The molecule has 0 bridgehead atoms. The first-order valence-electron chi connectivity index (χ1n) is 9.42. The number of aromatic nitrogens is 1. The van der Waals surface area contributed by atoms with E-state index in [-0.39, 0.29) is 46.8 Å². The molecule has 1 aromatic heterocycles. The number of rotatable bonds is 8. The molecule has 2 aromatic rings. The van der Waals surface area contributed by atoms with Gasteiger partial charge in [0.2, 0.25) is 10.0 Å². The van der Waals surface area contributed by atoms with Gasteiger partial charge in [-0.1, -0.05) is 18.2 Å². The number of hydrogen-bond donors (Lipinski definition) is 0. The molecule has 154 valence electrons. The molecule has 0 amide bonds. The second-order valence-electron chi connectivity index (χ2n) is 6.97. The van der Waals surface area contributed by atoms with E-state index in [2.05, 4.69) is 4.98 Å². The minimum atomic E-state index is -3.80. The average Bonchev–Trinajstić information content (AvgIpc) is 3.13. The van der Waals surface area contributed by atoms with Crippen LogP contribution in [-0.2, 0) is 14.8 Å². The monoisotopic (exact) mass is 440 g/mol. The molecule has 30 heavy (non-hydrogen) atoms. The predicted octanol–water partition coefficient (Wildman–Crippen LogP) is -0.547. The van der Waals surface area contributed by atoms with Crippen LogP contribution in [0.25, 0.3) is 0 Å². The number of carboxylic acid groups (broad SMARTS) is 1. The van der Waals surface area contributed by atoms with Gasteiger partial charge in [0.15, 0.2) is 0 Å². The van der Waals surface area contributed by atoms with Gasteiger partial charge in [0.05, 0.1) is 10.9 Å². The number of hydrogen-bond acceptors (Lipinski definition) is 5. The van der Waals surface area contributed by atoms with Crippen molar-refractivity contribution in [3.05, 3.63) is 72.3 Å². The zero-order valence-corrected chi connectivity index (χ0v) is 19.6. The van der Waals surface area contributed by atoms with Gasteiger partial charge in [0, 0.05) is 24.9 Å². The van der Waals surface area contributed by atoms with Gasteiger partial charge in [-0.3, -0.25) is 4.98 Å². The number of carbonyl (C=O) groups is 1. The van der Waals surface area contributed by atoms with Crippen molar-refractivity contribution < 1.29 is 52.3 Å². The number of sulfonamides is 1. The third-order valence-electron chi connectivity index (χ3n) is 5.04. The van der Waals surface area contributed by atoms with Gasteiger partial charge in [-0.15, -0.1) is 0 Å². The van der Waals surface area contributed by atoms with Gasteiger partial charge in [-0.05, 0) is 67.5 Å². The van der Waals surface area contributed by atoms with Crippen molar-refractivity contribution in [1.29, 1.82) is 0 Å². The molecular formula is C21H22FN2NaO4S. The van der Waals surface area contributed by atoms with E-state index in [1.54, 1.807) is 24.5 Å². The smallest absolute Gasteiger partial charge is 0.550 e. The first-order valence-corrected chi connectivity index (χ1v) is 10.9. The van der Waals surface area contributed by atoms with Crippen LogP contribution in [0.15, 0.2) is 65.8 Å². The summed E-state index contributed by atoms with van der Waals surface area (Å²) < 4.78 is 41.1. The number of allylic oxidation sites excluding steroid dienone is 2. The summed E-state index contributed by atoms with van der Waals surface area (Å²) in [5, 5.41) is 10.5. The van der Waals surface area contributed by atoms with E-state index >= 15 is 0 Å². The Morgan fingerprint density at radius 1 is 1.23 bits per heavy atom. The Balaban J connectivity index is 0.00000320. The Hall–Kier alpha value is -1.58. The van der Waals surface area contributed by atoms with Crippen LogP contribution in [0.1, 0.15) is 37.3 Å². The SMILES string of the molecule is O=C([O-])CC/C=C\C[C@@H]1CCN(S(=O)(=O)c2ccc(F)cc2)[C@@H]1c1cccnc1.[Na+].